The van der Waals surface area contributed by atoms with E-state index in [1.165, 1.54) is 32.0 Å². The minimum absolute atomic E-state index is 0.186. The Labute approximate surface area is 223 Å². The second-order valence-corrected chi connectivity index (χ2v) is 10.7. The lowest BCUT2D eigenvalue weighted by Gasteiger charge is -2.15. The van der Waals surface area contributed by atoms with E-state index in [1.807, 2.05) is 42.6 Å². The summed E-state index contributed by atoms with van der Waals surface area (Å²) in [5, 5.41) is 9.67. The third-order valence-electron chi connectivity index (χ3n) is 7.24. The molecule has 1 aliphatic rings. The Morgan fingerprint density at radius 3 is 2.71 bits per heavy atom. The maximum absolute atomic E-state index is 13.7. The number of likely N-dealkylation sites (tertiary alicyclic amines) is 1. The number of hydrogen-bond donors (Lipinski definition) is 2. The van der Waals surface area contributed by atoms with Gasteiger partial charge in [-0.15, -0.1) is 11.3 Å². The Morgan fingerprint density at radius 1 is 0.921 bits per heavy atom. The number of thiophene rings is 1. The first-order chi connectivity index (χ1) is 18.7. The lowest BCUT2D eigenvalue weighted by Crippen LogP contribution is -2.25. The van der Waals surface area contributed by atoms with Crippen molar-refractivity contribution < 1.29 is 9.13 Å². The molecule has 2 aromatic carbocycles. The zero-order valence-electron chi connectivity index (χ0n) is 20.7. The number of nitrogens with one attached hydrogen (secondary N) is 2. The largest absolute Gasteiger partial charge is 0.491 e. The van der Waals surface area contributed by atoms with Crippen LogP contribution in [-0.4, -0.2) is 51.3 Å². The molecule has 4 aromatic heterocycles. The van der Waals surface area contributed by atoms with E-state index in [2.05, 4.69) is 43.3 Å². The van der Waals surface area contributed by atoms with Gasteiger partial charge in [-0.3, -0.25) is 15.0 Å². The van der Waals surface area contributed by atoms with Gasteiger partial charge in [-0.1, -0.05) is 18.2 Å². The van der Waals surface area contributed by atoms with E-state index in [-0.39, 0.29) is 5.13 Å². The molecule has 190 valence electrons. The van der Waals surface area contributed by atoms with Crippen LogP contribution in [0.25, 0.3) is 54.8 Å². The summed E-state index contributed by atoms with van der Waals surface area (Å²) >= 11 is 1.16. The van der Waals surface area contributed by atoms with Crippen LogP contribution >= 0.6 is 11.3 Å². The number of aromatic amines is 2. The third-order valence-corrected chi connectivity index (χ3v) is 8.15. The highest BCUT2D eigenvalue weighted by Crippen LogP contribution is 2.37. The highest BCUT2D eigenvalue weighted by atomic mass is 32.1. The van der Waals surface area contributed by atoms with Gasteiger partial charge in [0.1, 0.15) is 18.1 Å². The van der Waals surface area contributed by atoms with E-state index in [0.717, 1.165) is 78.4 Å². The van der Waals surface area contributed by atoms with Crippen molar-refractivity contribution in [2.24, 2.45) is 0 Å². The molecule has 0 saturated carbocycles. The Morgan fingerprint density at radius 2 is 1.84 bits per heavy atom. The number of H-pyrrole nitrogens is 2. The van der Waals surface area contributed by atoms with E-state index in [4.69, 9.17) is 4.74 Å². The molecule has 0 aliphatic carbocycles. The summed E-state index contributed by atoms with van der Waals surface area (Å²) in [6, 6.07) is 19.8. The van der Waals surface area contributed by atoms with Crippen LogP contribution in [0.5, 0.6) is 5.75 Å². The zero-order chi connectivity index (χ0) is 25.5. The first kappa shape index (κ1) is 23.1. The van der Waals surface area contributed by atoms with Gasteiger partial charge in [-0.05, 0) is 74.0 Å². The summed E-state index contributed by atoms with van der Waals surface area (Å²) in [6.07, 6.45) is 6.20. The Bertz CT molecular complexity index is 1750. The smallest absolute Gasteiger partial charge is 0.176 e. The van der Waals surface area contributed by atoms with E-state index >= 15 is 0 Å². The molecule has 38 heavy (non-hydrogen) atoms. The lowest BCUT2D eigenvalue weighted by molar-refractivity contribution is 0.237. The molecule has 8 heteroatoms. The third kappa shape index (κ3) is 4.36. The summed E-state index contributed by atoms with van der Waals surface area (Å²) in [6.45, 7) is 3.94. The molecule has 0 amide bonds. The van der Waals surface area contributed by atoms with Gasteiger partial charge in [0.25, 0.3) is 0 Å². The Kier molecular flexibility index (Phi) is 5.91. The van der Waals surface area contributed by atoms with Crippen LogP contribution in [0, 0.1) is 5.13 Å². The molecule has 6 nitrogen and oxygen atoms in total. The number of benzene rings is 2. The van der Waals surface area contributed by atoms with Crippen molar-refractivity contribution in [2.75, 3.05) is 26.2 Å². The Balaban J connectivity index is 1.20. The molecule has 1 fully saturated rings. The summed E-state index contributed by atoms with van der Waals surface area (Å²) < 4.78 is 19.8. The monoisotopic (exact) mass is 523 g/mol. The summed E-state index contributed by atoms with van der Waals surface area (Å²) in [7, 11) is 0. The normalized spacial score (nSPS) is 14.1. The summed E-state index contributed by atoms with van der Waals surface area (Å²) in [5.41, 5.74) is 6.74. The van der Waals surface area contributed by atoms with Gasteiger partial charge in [0.05, 0.1) is 17.4 Å². The van der Waals surface area contributed by atoms with Crippen LogP contribution in [0.2, 0.25) is 0 Å². The fourth-order valence-corrected chi connectivity index (χ4v) is 6.08. The van der Waals surface area contributed by atoms with Crippen molar-refractivity contribution >= 4 is 33.1 Å². The SMILES string of the molecule is Fc1ccc(-c2cccc3[nH]c(-c4n[nH]c5ccc(-c6cncc(OCCN7CCCC7)c6)cc45)cc23)s1. The van der Waals surface area contributed by atoms with Crippen LogP contribution < -0.4 is 4.74 Å². The maximum atomic E-state index is 13.7. The quantitative estimate of drug-likeness (QED) is 0.234. The molecule has 1 saturated heterocycles. The molecule has 0 unspecified atom stereocenters. The van der Waals surface area contributed by atoms with Gasteiger partial charge in [-0.25, -0.2) is 0 Å². The number of halogens is 1. The average Bonchev–Trinajstić information content (AvgIpc) is 3.74. The second kappa shape index (κ2) is 9.70. The van der Waals surface area contributed by atoms with Crippen molar-refractivity contribution in [2.45, 2.75) is 12.8 Å². The predicted octanol–water partition coefficient (Wildman–Crippen LogP) is 7.12. The molecule has 5 heterocycles. The lowest BCUT2D eigenvalue weighted by atomic mass is 10.0. The standard InChI is InChI=1S/C30H26FN5OS/c31-29-9-8-28(38-29)22-4-3-5-25-23(22)16-27(33-25)30-24-15-19(6-7-26(24)34-35-30)20-14-21(18-32-17-20)37-13-12-36-10-1-2-11-36/h3-9,14-18,33H,1-2,10-13H2,(H,34,35). The van der Waals surface area contributed by atoms with Crippen LogP contribution in [0.1, 0.15) is 12.8 Å². The highest BCUT2D eigenvalue weighted by Gasteiger charge is 2.16. The minimum atomic E-state index is -0.186. The van der Waals surface area contributed by atoms with Crippen molar-refractivity contribution in [3.05, 3.63) is 78.2 Å². The number of ether oxygens (including phenoxy) is 1. The van der Waals surface area contributed by atoms with Gasteiger partial charge >= 0.3 is 0 Å². The minimum Gasteiger partial charge on any atom is -0.491 e. The average molecular weight is 524 g/mol. The van der Waals surface area contributed by atoms with Gasteiger partial charge in [-0.2, -0.15) is 9.49 Å². The second-order valence-electron chi connectivity index (χ2n) is 9.69. The molecule has 2 N–H and O–H groups in total. The van der Waals surface area contributed by atoms with Crippen molar-refractivity contribution in [1.29, 1.82) is 0 Å². The van der Waals surface area contributed by atoms with Gasteiger partial charge < -0.3 is 9.72 Å². The van der Waals surface area contributed by atoms with E-state index in [0.29, 0.717) is 6.61 Å². The highest BCUT2D eigenvalue weighted by molar-refractivity contribution is 7.14. The molecule has 0 radical (unpaired) electrons. The van der Waals surface area contributed by atoms with E-state index < -0.39 is 0 Å². The van der Waals surface area contributed by atoms with Gasteiger partial charge in [0.2, 0.25) is 0 Å². The molecular formula is C30H26FN5OS. The maximum Gasteiger partial charge on any atom is 0.176 e. The molecule has 7 rings (SSSR count). The van der Waals surface area contributed by atoms with Gasteiger partial charge in [0, 0.05) is 45.0 Å². The zero-order valence-corrected chi connectivity index (χ0v) is 21.5. The first-order valence-electron chi connectivity index (χ1n) is 12.9. The molecule has 0 bridgehead atoms. The molecule has 0 atom stereocenters. The van der Waals surface area contributed by atoms with Crippen molar-refractivity contribution in [3.8, 4) is 38.7 Å². The molecule has 1 aliphatic heterocycles. The van der Waals surface area contributed by atoms with Crippen molar-refractivity contribution in [3.63, 3.8) is 0 Å². The van der Waals surface area contributed by atoms with Crippen LogP contribution in [0.4, 0.5) is 4.39 Å². The molecule has 0 spiro atoms. The molecule has 6 aromatic rings. The Hall–Kier alpha value is -4.01. The van der Waals surface area contributed by atoms with Crippen LogP contribution in [-0.2, 0) is 0 Å². The van der Waals surface area contributed by atoms with Gasteiger partial charge in [0.15, 0.2) is 5.13 Å². The fourth-order valence-electron chi connectivity index (χ4n) is 5.31. The molecular weight excluding hydrogens is 497 g/mol. The topological polar surface area (TPSA) is 69.8 Å². The van der Waals surface area contributed by atoms with Crippen LogP contribution in [0.15, 0.2) is 73.1 Å². The predicted molar refractivity (Wildman–Crippen MR) is 151 cm³/mol. The number of hydrogen-bond acceptors (Lipinski definition) is 5. The van der Waals surface area contributed by atoms with E-state index in [1.54, 1.807) is 6.20 Å². The van der Waals surface area contributed by atoms with Crippen molar-refractivity contribution in [1.82, 2.24) is 25.1 Å². The van der Waals surface area contributed by atoms with Crippen LogP contribution in [0.3, 0.4) is 0 Å². The summed E-state index contributed by atoms with van der Waals surface area (Å²) in [5.74, 6) is 0.780. The number of nitrogens with zero attached hydrogens (tertiary/aromatic N) is 3. The number of rotatable bonds is 7. The summed E-state index contributed by atoms with van der Waals surface area (Å²) in [4.78, 5) is 11.3. The number of fused-ring (bicyclic) bond motifs is 2. The first-order valence-corrected chi connectivity index (χ1v) is 13.7. The number of pyridine rings is 1. The fraction of sp³-hybridized carbons (Fsp3) is 0.200. The number of aromatic nitrogens is 4. The van der Waals surface area contributed by atoms with E-state index in [9.17, 15) is 4.39 Å².